The minimum Gasteiger partial charge on any atom is -0.407 e. The van der Waals surface area contributed by atoms with Crippen LogP contribution in [-0.4, -0.2) is 138 Å². The summed E-state index contributed by atoms with van der Waals surface area (Å²) in [5.41, 5.74) is 0. The second kappa shape index (κ2) is 20.2. The van der Waals surface area contributed by atoms with E-state index in [-0.39, 0.29) is 0 Å². The second-order valence-corrected chi connectivity index (χ2v) is 46.2. The van der Waals surface area contributed by atoms with Gasteiger partial charge in [-0.25, -0.2) is 0 Å². The van der Waals surface area contributed by atoms with Gasteiger partial charge in [-0.05, 0) is 50.1 Å². The zero-order valence-corrected chi connectivity index (χ0v) is 41.4. The standard InChI is InChI=1S/C32H78N2O8Si7/c1-35-46(27-15-21-33(46)43(9,10)11)29-17-23-45(25-19-31-48(37-3,38-4)39-5,26-20-32-49(40-6,41-7)42-8)24-18-30-47(36-2)28-16-22-34(47)44(12,13)14/h15-32H2,1-14H3. The van der Waals surface area contributed by atoms with E-state index in [9.17, 15) is 0 Å². The van der Waals surface area contributed by atoms with Crippen molar-refractivity contribution in [2.45, 2.75) is 138 Å². The average Bonchev–Trinajstić information content (AvgIpc) is 3.71. The van der Waals surface area contributed by atoms with Crippen molar-refractivity contribution in [1.82, 2.24) is 8.46 Å². The topological polar surface area (TPSA) is 80.3 Å². The minimum atomic E-state index is -2.66. The van der Waals surface area contributed by atoms with Gasteiger partial charge in [-0.1, -0.05) is 89.1 Å². The zero-order chi connectivity index (χ0) is 37.0. The zero-order valence-electron chi connectivity index (χ0n) is 34.4. The third-order valence-corrected chi connectivity index (χ3v) is 42.0. The van der Waals surface area contributed by atoms with Crippen molar-refractivity contribution in [2.75, 3.05) is 70.0 Å². The number of rotatable bonds is 26. The van der Waals surface area contributed by atoms with Crippen LogP contribution in [0.25, 0.3) is 0 Å². The van der Waals surface area contributed by atoms with Gasteiger partial charge in [0.05, 0.1) is 8.07 Å². The van der Waals surface area contributed by atoms with E-state index >= 15 is 0 Å². The van der Waals surface area contributed by atoms with E-state index in [1.54, 1.807) is 42.7 Å². The number of nitrogens with zero attached hydrogens (tertiary/aromatic N) is 2. The van der Waals surface area contributed by atoms with E-state index < -0.39 is 59.1 Å². The van der Waals surface area contributed by atoms with Gasteiger partial charge in [-0.2, -0.15) is 0 Å². The van der Waals surface area contributed by atoms with Crippen LogP contribution in [0.1, 0.15) is 38.5 Å². The highest BCUT2D eigenvalue weighted by Crippen LogP contribution is 2.42. The van der Waals surface area contributed by atoms with Crippen molar-refractivity contribution in [3.05, 3.63) is 0 Å². The summed E-state index contributed by atoms with van der Waals surface area (Å²) in [6.07, 6.45) is 7.28. The lowest BCUT2D eigenvalue weighted by molar-refractivity contribution is 0.123. The molecule has 2 unspecified atom stereocenters. The van der Waals surface area contributed by atoms with Crippen LogP contribution in [0.4, 0.5) is 0 Å². The van der Waals surface area contributed by atoms with Crippen LogP contribution in [0.5, 0.6) is 0 Å². The third-order valence-electron chi connectivity index (χ3n) is 12.1. The second-order valence-electron chi connectivity index (χ2n) is 16.7. The van der Waals surface area contributed by atoms with E-state index in [0.717, 1.165) is 24.9 Å². The molecule has 2 fully saturated rings. The first kappa shape index (κ1) is 46.3. The Morgan fingerprint density at radius 3 is 1.02 bits per heavy atom. The SMILES string of the molecule is CO[Si](CCC[Si](CCC[Si](OC)(OC)OC)(CCC[Si]1(OC)CCCN1[Si](C)(C)C)CCC[Si]1(OC)CCCN1[Si](C)(C)C)(OC)OC. The first-order valence-electron chi connectivity index (χ1n) is 19.0. The molecule has 2 rings (SSSR count). The fourth-order valence-electron chi connectivity index (χ4n) is 9.45. The van der Waals surface area contributed by atoms with Crippen molar-refractivity contribution >= 4 is 59.1 Å². The fraction of sp³-hybridized carbons (Fsp3) is 1.00. The maximum atomic E-state index is 6.63. The van der Waals surface area contributed by atoms with Gasteiger partial charge in [0.25, 0.3) is 17.0 Å². The monoisotopic (exact) mass is 814 g/mol. The van der Waals surface area contributed by atoms with Gasteiger partial charge in [-0.15, -0.1) is 0 Å². The Morgan fingerprint density at radius 2 is 0.755 bits per heavy atom. The van der Waals surface area contributed by atoms with Crippen LogP contribution < -0.4 is 0 Å². The van der Waals surface area contributed by atoms with E-state index in [2.05, 4.69) is 47.7 Å². The molecule has 0 saturated carbocycles. The summed E-state index contributed by atoms with van der Waals surface area (Å²) in [7, 11) is 0.599. The molecule has 0 aromatic heterocycles. The highest BCUT2D eigenvalue weighted by Gasteiger charge is 2.52. The molecule has 0 radical (unpaired) electrons. The summed E-state index contributed by atoms with van der Waals surface area (Å²) < 4.78 is 54.5. The maximum absolute atomic E-state index is 6.63. The van der Waals surface area contributed by atoms with Gasteiger partial charge in [-0.3, -0.25) is 0 Å². The van der Waals surface area contributed by atoms with Gasteiger partial charge in [0.2, 0.25) is 0 Å². The van der Waals surface area contributed by atoms with E-state index in [1.807, 2.05) is 14.2 Å². The third kappa shape index (κ3) is 12.1. The Hall–Kier alpha value is 1.12. The molecule has 17 heteroatoms. The van der Waals surface area contributed by atoms with E-state index in [0.29, 0.717) is 0 Å². The maximum Gasteiger partial charge on any atom is 0.500 e. The lowest BCUT2D eigenvalue weighted by atomic mass is 10.5. The average molecular weight is 816 g/mol. The molecular formula is C32H78N2O8Si7. The van der Waals surface area contributed by atoms with Crippen molar-refractivity contribution in [3.8, 4) is 0 Å². The molecule has 2 aliphatic heterocycles. The van der Waals surface area contributed by atoms with Gasteiger partial charge in [0.15, 0.2) is 0 Å². The summed E-state index contributed by atoms with van der Waals surface area (Å²) >= 11 is 0. The summed E-state index contributed by atoms with van der Waals surface area (Å²) in [4.78, 5) is 0. The predicted octanol–water partition coefficient (Wildman–Crippen LogP) is 8.01. The Kier molecular flexibility index (Phi) is 19.0. The van der Waals surface area contributed by atoms with Gasteiger partial charge in [0.1, 0.15) is 16.5 Å². The predicted molar refractivity (Wildman–Crippen MR) is 221 cm³/mol. The molecule has 2 saturated heterocycles. The van der Waals surface area contributed by atoms with Crippen LogP contribution in [0, 0.1) is 0 Å². The number of hydrogen-bond acceptors (Lipinski definition) is 10. The Balaban J connectivity index is 2.43. The van der Waals surface area contributed by atoms with Crippen molar-refractivity contribution in [3.63, 3.8) is 0 Å². The van der Waals surface area contributed by atoms with E-state index in [1.165, 1.54) is 87.1 Å². The first-order chi connectivity index (χ1) is 23.0. The highest BCUT2D eigenvalue weighted by atomic mass is 28.4. The van der Waals surface area contributed by atoms with Crippen molar-refractivity contribution in [2.24, 2.45) is 0 Å². The van der Waals surface area contributed by atoms with Crippen LogP contribution in [0.2, 0.25) is 99.7 Å². The molecule has 2 aliphatic rings. The van der Waals surface area contributed by atoms with Gasteiger partial charge >= 0.3 is 17.6 Å². The Labute approximate surface area is 309 Å². The van der Waals surface area contributed by atoms with Crippen LogP contribution in [0.3, 0.4) is 0 Å². The molecule has 0 spiro atoms. The Bertz CT molecular complexity index is 865. The molecule has 0 aliphatic carbocycles. The summed E-state index contributed by atoms with van der Waals surface area (Å²) in [6, 6.07) is 12.0. The molecular weight excluding hydrogens is 737 g/mol. The molecule has 2 heterocycles. The molecule has 0 aromatic carbocycles. The molecule has 0 bridgehead atoms. The molecule has 2 atom stereocenters. The fourth-order valence-corrected chi connectivity index (χ4v) is 39.7. The summed E-state index contributed by atoms with van der Waals surface area (Å²) in [5.74, 6) is 0. The molecule has 292 valence electrons. The quantitative estimate of drug-likeness (QED) is 0.0802. The molecule has 0 aromatic rings. The largest absolute Gasteiger partial charge is 0.500 e. The summed E-state index contributed by atoms with van der Waals surface area (Å²) in [6.45, 7) is 17.5. The number of hydrogen-bond donors (Lipinski definition) is 0. The lowest BCUT2D eigenvalue weighted by Gasteiger charge is -2.44. The van der Waals surface area contributed by atoms with E-state index in [4.69, 9.17) is 35.4 Å². The van der Waals surface area contributed by atoms with Gasteiger partial charge < -0.3 is 43.9 Å². The highest BCUT2D eigenvalue weighted by molar-refractivity contribution is 6.90. The van der Waals surface area contributed by atoms with Crippen LogP contribution in [-0.2, 0) is 35.4 Å². The lowest BCUT2D eigenvalue weighted by Crippen LogP contribution is -2.61. The van der Waals surface area contributed by atoms with Gasteiger partial charge in [0, 0.05) is 69.0 Å². The molecule has 10 nitrogen and oxygen atoms in total. The molecule has 49 heavy (non-hydrogen) atoms. The molecule has 0 amide bonds. The van der Waals surface area contributed by atoms with Crippen LogP contribution >= 0.6 is 0 Å². The van der Waals surface area contributed by atoms with Crippen molar-refractivity contribution in [1.29, 1.82) is 0 Å². The minimum absolute atomic E-state index is 0.860. The summed E-state index contributed by atoms with van der Waals surface area (Å²) in [5, 5.41) is 0. The smallest absolute Gasteiger partial charge is 0.407 e. The normalized spacial score (nSPS) is 23.6. The first-order valence-corrected chi connectivity index (χ1v) is 37.1. The van der Waals surface area contributed by atoms with Crippen molar-refractivity contribution < 1.29 is 35.4 Å². The Morgan fingerprint density at radius 1 is 0.449 bits per heavy atom. The molecule has 0 N–H and O–H groups in total. The van der Waals surface area contributed by atoms with Crippen LogP contribution in [0.15, 0.2) is 0 Å².